The Hall–Kier alpha value is -2.49. The SMILES string of the molecule is CN1CCN(c2ncc(/C=C/c3nc4ccc(OC(CO)CF)cc4o3)s2)CC1. The standard InChI is InChI=1S/C20H23FN4O3S/c1-24-6-8-25(9-7-24)20-22-12-16(29-20)3-5-19-23-17-4-2-14(10-18(17)28-19)27-15(11-21)13-26/h2-5,10,12,15,26H,6-9,11,13H2,1H3/b5-3+. The average molecular weight is 418 g/mol. The molecule has 1 aliphatic heterocycles. The van der Waals surface area contributed by atoms with Gasteiger partial charge in [-0.15, -0.1) is 0 Å². The van der Waals surface area contributed by atoms with Crippen LogP contribution < -0.4 is 9.64 Å². The molecule has 0 saturated carbocycles. The van der Waals surface area contributed by atoms with E-state index in [4.69, 9.17) is 14.3 Å². The number of hydrogen-bond acceptors (Lipinski definition) is 8. The van der Waals surface area contributed by atoms with E-state index in [9.17, 15) is 4.39 Å². The molecule has 0 aliphatic carbocycles. The van der Waals surface area contributed by atoms with Crippen molar-refractivity contribution in [3.8, 4) is 5.75 Å². The van der Waals surface area contributed by atoms with Crippen LogP contribution in [-0.4, -0.2) is 72.6 Å². The molecule has 3 heterocycles. The van der Waals surface area contributed by atoms with Gasteiger partial charge in [0.05, 0.1) is 6.61 Å². The normalized spacial score (nSPS) is 16.7. The summed E-state index contributed by atoms with van der Waals surface area (Å²) in [6, 6.07) is 5.08. The topological polar surface area (TPSA) is 74.9 Å². The van der Waals surface area contributed by atoms with Gasteiger partial charge >= 0.3 is 0 Å². The van der Waals surface area contributed by atoms with E-state index in [1.54, 1.807) is 35.6 Å². The molecule has 7 nitrogen and oxygen atoms in total. The first-order valence-corrected chi connectivity index (χ1v) is 10.3. The molecule has 4 rings (SSSR count). The summed E-state index contributed by atoms with van der Waals surface area (Å²) in [5, 5.41) is 10.1. The minimum absolute atomic E-state index is 0.385. The molecule has 0 radical (unpaired) electrons. The van der Waals surface area contributed by atoms with Crippen molar-refractivity contribution in [3.63, 3.8) is 0 Å². The molecular formula is C20H23FN4O3S. The van der Waals surface area contributed by atoms with Crippen LogP contribution in [0.5, 0.6) is 5.75 Å². The lowest BCUT2D eigenvalue weighted by Crippen LogP contribution is -2.44. The summed E-state index contributed by atoms with van der Waals surface area (Å²) < 4.78 is 23.9. The number of halogens is 1. The second-order valence-electron chi connectivity index (χ2n) is 6.93. The number of alkyl halides is 1. The van der Waals surface area contributed by atoms with Crippen molar-refractivity contribution < 1.29 is 18.7 Å². The first-order valence-electron chi connectivity index (χ1n) is 9.46. The second kappa shape index (κ2) is 8.89. The third-order valence-corrected chi connectivity index (χ3v) is 5.75. The summed E-state index contributed by atoms with van der Waals surface area (Å²) in [6.07, 6.45) is 4.72. The number of aromatic nitrogens is 2. The molecule has 154 valence electrons. The lowest BCUT2D eigenvalue weighted by Gasteiger charge is -2.32. The fourth-order valence-electron chi connectivity index (χ4n) is 3.03. The Kier molecular flexibility index (Phi) is 6.08. The Bertz CT molecular complexity index is 977. The highest BCUT2D eigenvalue weighted by Crippen LogP contribution is 2.26. The number of benzene rings is 1. The summed E-state index contributed by atoms with van der Waals surface area (Å²) in [6.45, 7) is 2.92. The van der Waals surface area contributed by atoms with Gasteiger partial charge in [0.2, 0.25) is 5.89 Å². The minimum Gasteiger partial charge on any atom is -0.485 e. The van der Waals surface area contributed by atoms with Crippen LogP contribution in [0.15, 0.2) is 28.8 Å². The van der Waals surface area contributed by atoms with Gasteiger partial charge in [0.15, 0.2) is 10.7 Å². The molecule has 1 unspecified atom stereocenters. The predicted octanol–water partition coefficient (Wildman–Crippen LogP) is 2.92. The molecule has 1 atom stereocenters. The van der Waals surface area contributed by atoms with E-state index in [1.165, 1.54) is 0 Å². The fraction of sp³-hybridized carbons (Fsp3) is 0.400. The number of hydrogen-bond donors (Lipinski definition) is 1. The van der Waals surface area contributed by atoms with Crippen LogP contribution in [0.4, 0.5) is 9.52 Å². The lowest BCUT2D eigenvalue weighted by molar-refractivity contribution is 0.0932. The van der Waals surface area contributed by atoms with E-state index in [2.05, 4.69) is 26.8 Å². The predicted molar refractivity (Wildman–Crippen MR) is 112 cm³/mol. The number of fused-ring (bicyclic) bond motifs is 1. The number of aliphatic hydroxyl groups excluding tert-OH is 1. The number of aliphatic hydroxyl groups is 1. The molecule has 1 aromatic carbocycles. The van der Waals surface area contributed by atoms with E-state index in [0.717, 1.165) is 36.2 Å². The Morgan fingerprint density at radius 1 is 1.31 bits per heavy atom. The van der Waals surface area contributed by atoms with E-state index >= 15 is 0 Å². The maximum atomic E-state index is 12.7. The Morgan fingerprint density at radius 3 is 2.90 bits per heavy atom. The van der Waals surface area contributed by atoms with Crippen molar-refractivity contribution >= 4 is 39.7 Å². The largest absolute Gasteiger partial charge is 0.485 e. The van der Waals surface area contributed by atoms with Crippen LogP contribution in [0.1, 0.15) is 10.8 Å². The summed E-state index contributed by atoms with van der Waals surface area (Å²) in [5.41, 5.74) is 1.22. The smallest absolute Gasteiger partial charge is 0.220 e. The van der Waals surface area contributed by atoms with Gasteiger partial charge in [0, 0.05) is 49.4 Å². The molecule has 3 aromatic rings. The Labute approximate surface area is 172 Å². The lowest BCUT2D eigenvalue weighted by atomic mass is 10.3. The van der Waals surface area contributed by atoms with E-state index < -0.39 is 12.8 Å². The number of ether oxygens (including phenoxy) is 1. The summed E-state index contributed by atoms with van der Waals surface area (Å²) in [7, 11) is 2.13. The van der Waals surface area contributed by atoms with Crippen LogP contribution in [0.3, 0.4) is 0 Å². The van der Waals surface area contributed by atoms with Crippen LogP contribution in [-0.2, 0) is 0 Å². The monoisotopic (exact) mass is 418 g/mol. The number of thiazole rings is 1. The zero-order chi connectivity index (χ0) is 20.2. The van der Waals surface area contributed by atoms with E-state index in [-0.39, 0.29) is 6.61 Å². The quantitative estimate of drug-likeness (QED) is 0.632. The van der Waals surface area contributed by atoms with Crippen molar-refractivity contribution in [2.24, 2.45) is 0 Å². The third-order valence-electron chi connectivity index (χ3n) is 4.73. The average Bonchev–Trinajstić information content (AvgIpc) is 3.37. The maximum absolute atomic E-state index is 12.7. The van der Waals surface area contributed by atoms with E-state index in [0.29, 0.717) is 22.7 Å². The molecule has 1 fully saturated rings. The second-order valence-corrected chi connectivity index (χ2v) is 7.97. The highest BCUT2D eigenvalue weighted by Gasteiger charge is 2.16. The molecule has 0 bridgehead atoms. The zero-order valence-corrected chi connectivity index (χ0v) is 16.9. The number of piperazine rings is 1. The molecule has 2 aromatic heterocycles. The minimum atomic E-state index is -0.879. The van der Waals surface area contributed by atoms with Gasteiger partial charge in [-0.05, 0) is 25.3 Å². The molecule has 0 spiro atoms. The summed E-state index contributed by atoms with van der Waals surface area (Å²) in [4.78, 5) is 14.6. The van der Waals surface area contributed by atoms with Gasteiger partial charge in [-0.3, -0.25) is 0 Å². The van der Waals surface area contributed by atoms with Crippen LogP contribution in [0.25, 0.3) is 23.3 Å². The van der Waals surface area contributed by atoms with Crippen LogP contribution >= 0.6 is 11.3 Å². The Morgan fingerprint density at radius 2 is 2.14 bits per heavy atom. The summed E-state index contributed by atoms with van der Waals surface area (Å²) >= 11 is 1.64. The van der Waals surface area contributed by atoms with Gasteiger partial charge < -0.3 is 24.1 Å². The molecule has 1 N–H and O–H groups in total. The van der Waals surface area contributed by atoms with Crippen molar-refractivity contribution in [1.29, 1.82) is 0 Å². The van der Waals surface area contributed by atoms with Gasteiger partial charge in [-0.1, -0.05) is 11.3 Å². The number of anilines is 1. The molecule has 29 heavy (non-hydrogen) atoms. The van der Waals surface area contributed by atoms with Crippen molar-refractivity contribution in [2.45, 2.75) is 6.10 Å². The van der Waals surface area contributed by atoms with Crippen molar-refractivity contribution in [1.82, 2.24) is 14.9 Å². The molecule has 1 saturated heterocycles. The Balaban J connectivity index is 1.44. The summed E-state index contributed by atoms with van der Waals surface area (Å²) in [5.74, 6) is 0.899. The van der Waals surface area contributed by atoms with Gasteiger partial charge in [0.25, 0.3) is 0 Å². The third kappa shape index (κ3) is 4.75. The zero-order valence-electron chi connectivity index (χ0n) is 16.1. The highest BCUT2D eigenvalue weighted by molar-refractivity contribution is 7.16. The van der Waals surface area contributed by atoms with Crippen molar-refractivity contribution in [2.75, 3.05) is 51.4 Å². The first kappa shape index (κ1) is 19.8. The molecule has 1 aliphatic rings. The fourth-order valence-corrected chi connectivity index (χ4v) is 3.90. The van der Waals surface area contributed by atoms with Crippen LogP contribution in [0.2, 0.25) is 0 Å². The first-order chi connectivity index (χ1) is 14.1. The van der Waals surface area contributed by atoms with Crippen LogP contribution in [0, 0.1) is 0 Å². The van der Waals surface area contributed by atoms with Gasteiger partial charge in [0.1, 0.15) is 24.0 Å². The molecular weight excluding hydrogens is 395 g/mol. The van der Waals surface area contributed by atoms with Gasteiger partial charge in [-0.25, -0.2) is 14.4 Å². The maximum Gasteiger partial charge on any atom is 0.220 e. The number of oxazole rings is 1. The number of nitrogens with zero attached hydrogens (tertiary/aromatic N) is 4. The molecule has 9 heteroatoms. The van der Waals surface area contributed by atoms with E-state index in [1.807, 2.05) is 12.3 Å². The highest BCUT2D eigenvalue weighted by atomic mass is 32.1. The number of rotatable bonds is 7. The van der Waals surface area contributed by atoms with Gasteiger partial charge in [-0.2, -0.15) is 0 Å². The number of likely N-dealkylation sites (N-methyl/N-ethyl adjacent to an activating group) is 1. The van der Waals surface area contributed by atoms with Crippen molar-refractivity contribution in [3.05, 3.63) is 35.2 Å². The molecule has 0 amide bonds.